The lowest BCUT2D eigenvalue weighted by Crippen LogP contribution is -2.27. The molecule has 0 fully saturated rings. The number of aromatic nitrogens is 3. The summed E-state index contributed by atoms with van der Waals surface area (Å²) < 4.78 is 1.34. The number of thiazole rings is 1. The molecule has 8 heteroatoms. The highest BCUT2D eigenvalue weighted by Crippen LogP contribution is 2.28. The van der Waals surface area contributed by atoms with E-state index in [1.807, 2.05) is 37.4 Å². The summed E-state index contributed by atoms with van der Waals surface area (Å²) >= 11 is 2.85. The van der Waals surface area contributed by atoms with Gasteiger partial charge in [0.05, 0.1) is 17.4 Å². The first-order chi connectivity index (χ1) is 15.0. The number of carbonyl (C=O) groups is 1. The lowest BCUT2D eigenvalue weighted by atomic mass is 10.1. The maximum atomic E-state index is 12.8. The predicted molar refractivity (Wildman–Crippen MR) is 127 cm³/mol. The van der Waals surface area contributed by atoms with Crippen molar-refractivity contribution in [2.75, 3.05) is 5.32 Å². The topological polar surface area (TPSA) is 76.9 Å². The first kappa shape index (κ1) is 19.6. The molecule has 0 saturated heterocycles. The minimum absolute atomic E-state index is 0.110. The average Bonchev–Trinajstić information content (AvgIpc) is 3.34. The normalized spacial score (nSPS) is 11.3. The number of nitrogens with one attached hydrogen (secondary N) is 1. The second-order valence-electron chi connectivity index (χ2n) is 7.29. The van der Waals surface area contributed by atoms with Gasteiger partial charge in [-0.2, -0.15) is 0 Å². The maximum absolute atomic E-state index is 12.8. The van der Waals surface area contributed by atoms with Gasteiger partial charge in [-0.3, -0.25) is 14.2 Å². The van der Waals surface area contributed by atoms with Gasteiger partial charge in [0.15, 0.2) is 5.13 Å². The summed E-state index contributed by atoms with van der Waals surface area (Å²) in [5.41, 5.74) is 2.52. The van der Waals surface area contributed by atoms with Gasteiger partial charge in [-0.1, -0.05) is 36.4 Å². The number of anilines is 1. The highest BCUT2D eigenvalue weighted by atomic mass is 32.1. The minimum atomic E-state index is -0.313. The maximum Gasteiger partial charge on any atom is 0.262 e. The number of hydrogen-bond acceptors (Lipinski definition) is 6. The van der Waals surface area contributed by atoms with Gasteiger partial charge in [0, 0.05) is 15.8 Å². The second-order valence-corrected chi connectivity index (χ2v) is 9.35. The number of aryl methyl sites for hydroxylation is 2. The molecule has 0 aliphatic rings. The van der Waals surface area contributed by atoms with E-state index in [9.17, 15) is 9.59 Å². The fourth-order valence-corrected chi connectivity index (χ4v) is 5.23. The van der Waals surface area contributed by atoms with Crippen LogP contribution >= 0.6 is 22.7 Å². The van der Waals surface area contributed by atoms with Gasteiger partial charge in [-0.15, -0.1) is 22.7 Å². The fraction of sp³-hybridized carbons (Fsp3) is 0.130. The van der Waals surface area contributed by atoms with Crippen LogP contribution in [-0.4, -0.2) is 20.4 Å². The molecule has 0 spiro atoms. The zero-order chi connectivity index (χ0) is 21.5. The van der Waals surface area contributed by atoms with E-state index in [0.717, 1.165) is 27.1 Å². The molecule has 0 atom stereocenters. The van der Waals surface area contributed by atoms with Gasteiger partial charge in [-0.25, -0.2) is 9.97 Å². The summed E-state index contributed by atoms with van der Waals surface area (Å²) in [4.78, 5) is 36.0. The van der Waals surface area contributed by atoms with Crippen molar-refractivity contribution in [3.8, 4) is 11.3 Å². The smallest absolute Gasteiger partial charge is 0.262 e. The highest BCUT2D eigenvalue weighted by Gasteiger charge is 2.15. The fourth-order valence-electron chi connectivity index (χ4n) is 3.51. The third-order valence-electron chi connectivity index (χ3n) is 5.27. The zero-order valence-electron chi connectivity index (χ0n) is 16.9. The Balaban J connectivity index is 1.35. The molecule has 6 nitrogen and oxygen atoms in total. The van der Waals surface area contributed by atoms with Crippen LogP contribution in [0, 0.1) is 13.8 Å². The molecule has 154 valence electrons. The van der Waals surface area contributed by atoms with E-state index in [-0.39, 0.29) is 18.0 Å². The molecule has 2 aromatic carbocycles. The first-order valence-electron chi connectivity index (χ1n) is 9.69. The van der Waals surface area contributed by atoms with E-state index < -0.39 is 0 Å². The number of hydrogen-bond donors (Lipinski definition) is 1. The lowest BCUT2D eigenvalue weighted by Gasteiger charge is -2.05. The molecule has 3 heterocycles. The van der Waals surface area contributed by atoms with E-state index in [1.165, 1.54) is 39.0 Å². The predicted octanol–water partition coefficient (Wildman–Crippen LogP) is 4.99. The van der Waals surface area contributed by atoms with E-state index in [0.29, 0.717) is 15.3 Å². The molecule has 3 aromatic heterocycles. The van der Waals surface area contributed by atoms with E-state index in [4.69, 9.17) is 0 Å². The van der Waals surface area contributed by atoms with Crippen molar-refractivity contribution in [1.82, 2.24) is 14.5 Å². The van der Waals surface area contributed by atoms with Crippen LogP contribution in [0.5, 0.6) is 0 Å². The molecule has 31 heavy (non-hydrogen) atoms. The monoisotopic (exact) mass is 446 g/mol. The molecule has 0 saturated carbocycles. The molecule has 0 aliphatic heterocycles. The van der Waals surface area contributed by atoms with Crippen molar-refractivity contribution in [3.05, 3.63) is 75.0 Å². The third-order valence-corrected chi connectivity index (χ3v) is 7.14. The summed E-state index contributed by atoms with van der Waals surface area (Å²) in [6.45, 7) is 3.76. The standard InChI is InChI=1S/C23H18N4O2S2/c1-13-14(2)31-21-20(13)22(29)27(12-24-21)10-19(28)26-23-25-18(11-30-23)17-8-7-15-5-3-4-6-16(15)9-17/h3-9,11-12H,10H2,1-2H3,(H,25,26,28). The van der Waals surface area contributed by atoms with E-state index in [2.05, 4.69) is 39.6 Å². The molecule has 0 unspecified atom stereocenters. The van der Waals surface area contributed by atoms with Gasteiger partial charge in [0.25, 0.3) is 5.56 Å². The number of rotatable bonds is 4. The number of fused-ring (bicyclic) bond motifs is 2. The summed E-state index contributed by atoms with van der Waals surface area (Å²) in [5, 5.41) is 8.10. The Morgan fingerprint density at radius 1 is 1.13 bits per heavy atom. The van der Waals surface area contributed by atoms with Crippen molar-refractivity contribution < 1.29 is 4.79 Å². The summed E-state index contributed by atoms with van der Waals surface area (Å²) in [6, 6.07) is 14.3. The second kappa shape index (κ2) is 7.72. The Labute approximate surface area is 185 Å². The van der Waals surface area contributed by atoms with Crippen LogP contribution < -0.4 is 10.9 Å². The largest absolute Gasteiger partial charge is 0.300 e. The summed E-state index contributed by atoms with van der Waals surface area (Å²) in [6.07, 6.45) is 1.43. The number of benzene rings is 2. The van der Waals surface area contributed by atoms with Crippen LogP contribution in [-0.2, 0) is 11.3 Å². The van der Waals surface area contributed by atoms with Crippen LogP contribution in [0.15, 0.2) is 59.0 Å². The number of nitrogens with zero attached hydrogens (tertiary/aromatic N) is 3. The molecule has 0 radical (unpaired) electrons. The Morgan fingerprint density at radius 3 is 2.77 bits per heavy atom. The highest BCUT2D eigenvalue weighted by molar-refractivity contribution is 7.18. The SMILES string of the molecule is Cc1sc2ncn(CC(=O)Nc3nc(-c4ccc5ccccc5c4)cs3)c(=O)c2c1C. The van der Waals surface area contributed by atoms with E-state index in [1.54, 1.807) is 0 Å². The van der Waals surface area contributed by atoms with E-state index >= 15 is 0 Å². The van der Waals surface area contributed by atoms with Crippen LogP contribution in [0.2, 0.25) is 0 Å². The van der Waals surface area contributed by atoms with Crippen molar-refractivity contribution in [3.63, 3.8) is 0 Å². The number of amides is 1. The van der Waals surface area contributed by atoms with Crippen molar-refractivity contribution in [2.24, 2.45) is 0 Å². The molecule has 0 bridgehead atoms. The lowest BCUT2D eigenvalue weighted by molar-refractivity contribution is -0.116. The van der Waals surface area contributed by atoms with Gasteiger partial charge in [-0.05, 0) is 36.2 Å². The molecular formula is C23H18N4O2S2. The zero-order valence-corrected chi connectivity index (χ0v) is 18.5. The summed E-state index contributed by atoms with van der Waals surface area (Å²) in [5.74, 6) is -0.313. The minimum Gasteiger partial charge on any atom is -0.300 e. The Bertz CT molecular complexity index is 1510. The van der Waals surface area contributed by atoms with Crippen molar-refractivity contribution in [1.29, 1.82) is 0 Å². The summed E-state index contributed by atoms with van der Waals surface area (Å²) in [7, 11) is 0. The quantitative estimate of drug-likeness (QED) is 0.422. The van der Waals surface area contributed by atoms with Gasteiger partial charge in [0.2, 0.25) is 5.91 Å². The van der Waals surface area contributed by atoms with Crippen LogP contribution in [0.3, 0.4) is 0 Å². The molecule has 5 rings (SSSR count). The Morgan fingerprint density at radius 2 is 1.94 bits per heavy atom. The molecule has 5 aromatic rings. The van der Waals surface area contributed by atoms with Gasteiger partial charge < -0.3 is 5.32 Å². The Hall–Kier alpha value is -3.36. The Kier molecular flexibility index (Phi) is 4.88. The molecule has 1 amide bonds. The van der Waals surface area contributed by atoms with Crippen LogP contribution in [0.25, 0.3) is 32.2 Å². The average molecular weight is 447 g/mol. The molecular weight excluding hydrogens is 428 g/mol. The first-order valence-corrected chi connectivity index (χ1v) is 11.4. The molecule has 1 N–H and O–H groups in total. The van der Waals surface area contributed by atoms with Crippen molar-refractivity contribution >= 4 is 54.7 Å². The van der Waals surface area contributed by atoms with Gasteiger partial charge in [0.1, 0.15) is 11.4 Å². The number of carbonyl (C=O) groups excluding carboxylic acids is 1. The van der Waals surface area contributed by atoms with Crippen LogP contribution in [0.1, 0.15) is 10.4 Å². The van der Waals surface area contributed by atoms with Crippen LogP contribution in [0.4, 0.5) is 5.13 Å². The molecule has 0 aliphatic carbocycles. The third kappa shape index (κ3) is 3.64. The van der Waals surface area contributed by atoms with Gasteiger partial charge >= 0.3 is 0 Å². The van der Waals surface area contributed by atoms with Crippen molar-refractivity contribution in [2.45, 2.75) is 20.4 Å². The number of thiophene rings is 1.